The van der Waals surface area contributed by atoms with E-state index in [1.54, 1.807) is 6.20 Å². The van der Waals surface area contributed by atoms with Gasteiger partial charge in [-0.05, 0) is 43.7 Å². The Morgan fingerprint density at radius 1 is 1.15 bits per heavy atom. The molecule has 0 spiro atoms. The lowest BCUT2D eigenvalue weighted by atomic mass is 10.1. The second-order valence-corrected chi connectivity index (χ2v) is 6.32. The number of carbonyl (C=O) groups is 1. The maximum atomic E-state index is 12.3. The topological polar surface area (TPSA) is 56.1 Å². The van der Waals surface area contributed by atoms with Crippen molar-refractivity contribution < 1.29 is 9.53 Å². The highest BCUT2D eigenvalue weighted by molar-refractivity contribution is 5.78. The molecular weight excluding hydrogens is 326 g/mol. The van der Waals surface area contributed by atoms with Crippen molar-refractivity contribution in [3.63, 3.8) is 0 Å². The second kappa shape index (κ2) is 8.34. The zero-order valence-corrected chi connectivity index (χ0v) is 15.1. The first kappa shape index (κ1) is 17.7. The van der Waals surface area contributed by atoms with Gasteiger partial charge in [-0.2, -0.15) is 0 Å². The third-order valence-corrected chi connectivity index (χ3v) is 3.83. The Bertz CT molecular complexity index is 856. The molecule has 0 saturated heterocycles. The van der Waals surface area contributed by atoms with Gasteiger partial charge >= 0.3 is 0 Å². The maximum Gasteiger partial charge on any atom is 0.224 e. The molecule has 0 aliphatic rings. The summed E-state index contributed by atoms with van der Waals surface area (Å²) in [5.41, 5.74) is 1.94. The molecule has 0 atom stereocenters. The molecule has 1 aromatic heterocycles. The van der Waals surface area contributed by atoms with Gasteiger partial charge in [0.2, 0.25) is 5.91 Å². The van der Waals surface area contributed by atoms with Crippen molar-refractivity contribution in [1.82, 2.24) is 14.9 Å². The summed E-state index contributed by atoms with van der Waals surface area (Å²) in [5, 5.41) is 2.94. The molecule has 2 aromatic carbocycles. The first-order valence-electron chi connectivity index (χ1n) is 8.72. The van der Waals surface area contributed by atoms with Crippen LogP contribution in [-0.2, 0) is 17.8 Å². The van der Waals surface area contributed by atoms with Crippen LogP contribution in [0, 0.1) is 0 Å². The zero-order valence-electron chi connectivity index (χ0n) is 15.1. The van der Waals surface area contributed by atoms with Crippen molar-refractivity contribution in [1.29, 1.82) is 0 Å². The molecule has 0 saturated carbocycles. The Morgan fingerprint density at radius 3 is 2.73 bits per heavy atom. The van der Waals surface area contributed by atoms with Crippen LogP contribution in [-0.4, -0.2) is 21.6 Å². The molecule has 1 heterocycles. The van der Waals surface area contributed by atoms with E-state index in [0.717, 1.165) is 22.8 Å². The van der Waals surface area contributed by atoms with Gasteiger partial charge in [0.25, 0.3) is 0 Å². The van der Waals surface area contributed by atoms with Crippen LogP contribution in [0.4, 0.5) is 0 Å². The van der Waals surface area contributed by atoms with E-state index in [1.165, 1.54) is 0 Å². The van der Waals surface area contributed by atoms with Crippen molar-refractivity contribution in [2.24, 2.45) is 0 Å². The quantitative estimate of drug-likeness (QED) is 0.710. The summed E-state index contributed by atoms with van der Waals surface area (Å²) < 4.78 is 7.64. The van der Waals surface area contributed by atoms with Gasteiger partial charge in [-0.1, -0.05) is 30.3 Å². The van der Waals surface area contributed by atoms with Crippen molar-refractivity contribution >= 4 is 5.91 Å². The Balaban J connectivity index is 1.60. The average molecular weight is 349 g/mol. The number of ether oxygens (including phenoxy) is 1. The van der Waals surface area contributed by atoms with Gasteiger partial charge in [0.1, 0.15) is 11.6 Å². The fraction of sp³-hybridized carbons (Fsp3) is 0.238. The minimum absolute atomic E-state index is 0.0469. The highest BCUT2D eigenvalue weighted by Gasteiger charge is 2.09. The number of aromatic nitrogens is 2. The summed E-state index contributed by atoms with van der Waals surface area (Å²) in [5.74, 6) is 1.53. The minimum Gasteiger partial charge on any atom is -0.491 e. The number of carbonyl (C=O) groups excluding carboxylic acids is 1. The average Bonchev–Trinajstić information content (AvgIpc) is 3.09. The molecule has 5 heteroatoms. The molecule has 3 rings (SSSR count). The normalized spacial score (nSPS) is 10.7. The molecule has 5 nitrogen and oxygen atoms in total. The van der Waals surface area contributed by atoms with Crippen LogP contribution in [0.1, 0.15) is 25.2 Å². The van der Waals surface area contributed by atoms with Crippen LogP contribution in [0.3, 0.4) is 0 Å². The zero-order chi connectivity index (χ0) is 18.4. The lowest BCUT2D eigenvalue weighted by Gasteiger charge is -2.11. The molecule has 0 bridgehead atoms. The van der Waals surface area contributed by atoms with E-state index >= 15 is 0 Å². The predicted molar refractivity (Wildman–Crippen MR) is 101 cm³/mol. The number of benzene rings is 2. The summed E-state index contributed by atoms with van der Waals surface area (Å²) in [6.07, 6.45) is 4.04. The maximum absolute atomic E-state index is 12.3. The number of amides is 1. The molecule has 0 fully saturated rings. The van der Waals surface area contributed by atoms with Gasteiger partial charge in [0.05, 0.1) is 19.1 Å². The van der Waals surface area contributed by atoms with E-state index in [0.29, 0.717) is 13.0 Å². The van der Waals surface area contributed by atoms with Gasteiger partial charge < -0.3 is 14.6 Å². The van der Waals surface area contributed by atoms with Crippen molar-refractivity contribution in [3.8, 4) is 11.4 Å². The van der Waals surface area contributed by atoms with Crippen LogP contribution in [0.2, 0.25) is 0 Å². The fourth-order valence-corrected chi connectivity index (χ4v) is 2.72. The van der Waals surface area contributed by atoms with Gasteiger partial charge in [0, 0.05) is 18.1 Å². The lowest BCUT2D eigenvalue weighted by Crippen LogP contribution is -2.26. The van der Waals surface area contributed by atoms with E-state index in [1.807, 2.05) is 79.2 Å². The number of nitrogens with one attached hydrogen (secondary N) is 1. The molecule has 1 amide bonds. The van der Waals surface area contributed by atoms with Crippen molar-refractivity contribution in [3.05, 3.63) is 78.4 Å². The molecule has 0 aliphatic carbocycles. The van der Waals surface area contributed by atoms with E-state index in [2.05, 4.69) is 10.3 Å². The van der Waals surface area contributed by atoms with Crippen LogP contribution < -0.4 is 10.1 Å². The SMILES string of the molecule is CC(C)Oc1cccc(CC(=O)NCc2nccn2-c2ccccc2)c1. The van der Waals surface area contributed by atoms with Crippen LogP contribution in [0.25, 0.3) is 5.69 Å². The number of nitrogens with zero attached hydrogens (tertiary/aromatic N) is 2. The highest BCUT2D eigenvalue weighted by Crippen LogP contribution is 2.15. The smallest absolute Gasteiger partial charge is 0.224 e. The lowest BCUT2D eigenvalue weighted by molar-refractivity contribution is -0.120. The minimum atomic E-state index is -0.0469. The third-order valence-electron chi connectivity index (χ3n) is 3.83. The van der Waals surface area contributed by atoms with E-state index < -0.39 is 0 Å². The molecular formula is C21H23N3O2. The molecule has 3 aromatic rings. The van der Waals surface area contributed by atoms with Crippen LogP contribution >= 0.6 is 0 Å². The summed E-state index contributed by atoms with van der Waals surface area (Å²) in [7, 11) is 0. The molecule has 0 radical (unpaired) electrons. The van der Waals surface area contributed by atoms with Gasteiger partial charge in [-0.25, -0.2) is 4.98 Å². The molecule has 0 unspecified atom stereocenters. The van der Waals surface area contributed by atoms with Gasteiger partial charge in [-0.3, -0.25) is 4.79 Å². The molecule has 0 aliphatic heterocycles. The summed E-state index contributed by atoms with van der Waals surface area (Å²) in [6.45, 7) is 4.34. The Morgan fingerprint density at radius 2 is 1.96 bits per heavy atom. The Hall–Kier alpha value is -3.08. The Kier molecular flexibility index (Phi) is 5.69. The van der Waals surface area contributed by atoms with Crippen molar-refractivity contribution in [2.45, 2.75) is 32.9 Å². The van der Waals surface area contributed by atoms with Crippen LogP contribution in [0.15, 0.2) is 67.0 Å². The number of rotatable bonds is 7. The molecule has 26 heavy (non-hydrogen) atoms. The second-order valence-electron chi connectivity index (χ2n) is 6.32. The van der Waals surface area contributed by atoms with Gasteiger partial charge in [-0.15, -0.1) is 0 Å². The van der Waals surface area contributed by atoms with E-state index in [9.17, 15) is 4.79 Å². The summed E-state index contributed by atoms with van der Waals surface area (Å²) >= 11 is 0. The van der Waals surface area contributed by atoms with E-state index in [4.69, 9.17) is 4.74 Å². The molecule has 134 valence electrons. The number of hydrogen-bond donors (Lipinski definition) is 1. The van der Waals surface area contributed by atoms with Gasteiger partial charge in [0.15, 0.2) is 0 Å². The highest BCUT2D eigenvalue weighted by atomic mass is 16.5. The largest absolute Gasteiger partial charge is 0.491 e. The number of imidazole rings is 1. The summed E-state index contributed by atoms with van der Waals surface area (Å²) in [6, 6.07) is 17.6. The summed E-state index contributed by atoms with van der Waals surface area (Å²) in [4.78, 5) is 16.6. The number of hydrogen-bond acceptors (Lipinski definition) is 3. The van der Waals surface area contributed by atoms with Crippen molar-refractivity contribution in [2.75, 3.05) is 0 Å². The Labute approximate surface area is 153 Å². The van der Waals surface area contributed by atoms with E-state index in [-0.39, 0.29) is 12.0 Å². The number of para-hydroxylation sites is 1. The predicted octanol–water partition coefficient (Wildman–Crippen LogP) is 3.52. The molecule has 1 N–H and O–H groups in total. The standard InChI is InChI=1S/C21H23N3O2/c1-16(2)26-19-10-6-7-17(13-19)14-21(25)23-15-20-22-11-12-24(20)18-8-4-3-5-9-18/h3-13,16H,14-15H2,1-2H3,(H,23,25). The van der Waals surface area contributed by atoms with Crippen LogP contribution in [0.5, 0.6) is 5.75 Å². The first-order valence-corrected chi connectivity index (χ1v) is 8.72. The fourth-order valence-electron chi connectivity index (χ4n) is 2.72. The monoisotopic (exact) mass is 349 g/mol. The third kappa shape index (κ3) is 4.72. The first-order chi connectivity index (χ1) is 12.6.